The van der Waals surface area contributed by atoms with E-state index >= 15 is 0 Å². The number of aryl methyl sites for hydroxylation is 1. The zero-order chi connectivity index (χ0) is 24.9. The first kappa shape index (κ1) is 23.1. The quantitative estimate of drug-likeness (QED) is 0.346. The van der Waals surface area contributed by atoms with Crippen molar-refractivity contribution in [2.24, 2.45) is 5.92 Å². The van der Waals surface area contributed by atoms with Crippen LogP contribution in [0.1, 0.15) is 68.7 Å². The Bertz CT molecular complexity index is 1480. The van der Waals surface area contributed by atoms with E-state index in [4.69, 9.17) is 0 Å². The van der Waals surface area contributed by atoms with Crippen LogP contribution in [-0.4, -0.2) is 25.8 Å². The van der Waals surface area contributed by atoms with Crippen LogP contribution < -0.4 is 0 Å². The van der Waals surface area contributed by atoms with Gasteiger partial charge < -0.3 is 9.67 Å². The number of nitrogens with one attached hydrogen (secondary N) is 1. The third-order valence-electron chi connectivity index (χ3n) is 7.61. The predicted molar refractivity (Wildman–Crippen MR) is 133 cm³/mol. The Balaban J connectivity index is 1.84. The Hall–Kier alpha value is -3.66. The van der Waals surface area contributed by atoms with E-state index in [1.165, 1.54) is 11.6 Å². The van der Waals surface area contributed by atoms with Gasteiger partial charge in [0, 0.05) is 34.0 Å². The molecule has 0 bridgehead atoms. The van der Waals surface area contributed by atoms with Gasteiger partial charge in [0.05, 0.1) is 29.2 Å². The van der Waals surface area contributed by atoms with Crippen LogP contribution in [0, 0.1) is 30.0 Å². The molecule has 6 nitrogen and oxygen atoms in total. The second kappa shape index (κ2) is 8.53. The van der Waals surface area contributed by atoms with Crippen molar-refractivity contribution < 1.29 is 14.3 Å². The molecular formula is C28H29FN4O2. The number of carbonyl (C=O) groups is 1. The van der Waals surface area contributed by atoms with Crippen molar-refractivity contribution in [2.75, 3.05) is 0 Å². The first-order chi connectivity index (χ1) is 16.7. The van der Waals surface area contributed by atoms with Gasteiger partial charge in [-0.3, -0.25) is 9.89 Å². The Morgan fingerprint density at radius 1 is 1.26 bits per heavy atom. The van der Waals surface area contributed by atoms with Crippen molar-refractivity contribution in [3.8, 4) is 11.8 Å². The van der Waals surface area contributed by atoms with Crippen molar-refractivity contribution in [1.29, 1.82) is 5.26 Å². The molecule has 5 rings (SSSR count). The molecule has 0 amide bonds. The summed E-state index contributed by atoms with van der Waals surface area (Å²) in [5.74, 6) is -1.12. The number of halogens is 1. The highest BCUT2D eigenvalue weighted by atomic mass is 19.1. The fraction of sp³-hybridized carbons (Fsp3) is 0.393. The van der Waals surface area contributed by atoms with Gasteiger partial charge in [0.25, 0.3) is 0 Å². The van der Waals surface area contributed by atoms with E-state index in [-0.39, 0.29) is 17.7 Å². The number of hydrogen-bond donors (Lipinski definition) is 2. The average molecular weight is 473 g/mol. The molecule has 2 aromatic carbocycles. The maximum absolute atomic E-state index is 14.2. The molecule has 0 atom stereocenters. The van der Waals surface area contributed by atoms with E-state index in [2.05, 4.69) is 46.8 Å². The second-order valence-electron chi connectivity index (χ2n) is 10.5. The molecule has 35 heavy (non-hydrogen) atoms. The van der Waals surface area contributed by atoms with Crippen LogP contribution in [0.4, 0.5) is 4.39 Å². The van der Waals surface area contributed by atoms with E-state index in [9.17, 15) is 19.6 Å². The van der Waals surface area contributed by atoms with Crippen LogP contribution in [0.5, 0.6) is 0 Å². The van der Waals surface area contributed by atoms with Gasteiger partial charge in [-0.25, -0.2) is 4.39 Å². The van der Waals surface area contributed by atoms with Crippen LogP contribution in [0.15, 0.2) is 36.5 Å². The Kier molecular flexibility index (Phi) is 5.63. The summed E-state index contributed by atoms with van der Waals surface area (Å²) in [6.45, 7) is 5.92. The number of nitriles is 1. The minimum atomic E-state index is -0.725. The fourth-order valence-corrected chi connectivity index (χ4v) is 5.78. The number of fused-ring (bicyclic) bond motifs is 2. The highest BCUT2D eigenvalue weighted by molar-refractivity contribution is 5.99. The number of benzene rings is 2. The Morgan fingerprint density at radius 3 is 2.66 bits per heavy atom. The molecule has 0 aliphatic heterocycles. The van der Waals surface area contributed by atoms with Gasteiger partial charge >= 0.3 is 5.97 Å². The molecule has 4 aromatic rings. The number of aliphatic carboxylic acids is 1. The normalized spacial score (nSPS) is 18.7. The zero-order valence-electron chi connectivity index (χ0n) is 20.2. The maximum Gasteiger partial charge on any atom is 0.306 e. The zero-order valence-corrected chi connectivity index (χ0v) is 20.2. The Labute approximate surface area is 203 Å². The molecule has 1 aliphatic carbocycles. The summed E-state index contributed by atoms with van der Waals surface area (Å²) >= 11 is 0. The molecular weight excluding hydrogens is 443 g/mol. The summed E-state index contributed by atoms with van der Waals surface area (Å²) in [7, 11) is 0. The molecule has 7 heteroatoms. The summed E-state index contributed by atoms with van der Waals surface area (Å²) in [5.41, 5.74) is 5.05. The number of hydrogen-bond acceptors (Lipinski definition) is 3. The van der Waals surface area contributed by atoms with E-state index in [1.54, 1.807) is 19.2 Å². The fourth-order valence-electron chi connectivity index (χ4n) is 5.78. The molecule has 180 valence electrons. The summed E-state index contributed by atoms with van der Waals surface area (Å²) < 4.78 is 16.4. The lowest BCUT2D eigenvalue weighted by Gasteiger charge is -2.32. The topological polar surface area (TPSA) is 94.7 Å². The van der Waals surface area contributed by atoms with Gasteiger partial charge in [0.1, 0.15) is 5.82 Å². The number of aromatic nitrogens is 3. The number of nitrogens with zero attached hydrogens (tertiary/aromatic N) is 3. The minimum Gasteiger partial charge on any atom is -0.481 e. The van der Waals surface area contributed by atoms with E-state index < -0.39 is 11.4 Å². The number of carboxylic acids is 1. The average Bonchev–Trinajstić information content (AvgIpc) is 3.41. The van der Waals surface area contributed by atoms with Gasteiger partial charge in [-0.15, -0.1) is 0 Å². The number of carboxylic acid groups (broad SMARTS) is 1. The van der Waals surface area contributed by atoms with Crippen LogP contribution in [-0.2, 0) is 10.2 Å². The van der Waals surface area contributed by atoms with E-state index in [0.29, 0.717) is 24.8 Å². The van der Waals surface area contributed by atoms with Crippen LogP contribution in [0.2, 0.25) is 0 Å². The van der Waals surface area contributed by atoms with E-state index in [1.807, 2.05) is 6.07 Å². The van der Waals surface area contributed by atoms with E-state index in [0.717, 1.165) is 46.0 Å². The predicted octanol–water partition coefficient (Wildman–Crippen LogP) is 6.50. The van der Waals surface area contributed by atoms with Crippen molar-refractivity contribution in [3.63, 3.8) is 0 Å². The molecule has 0 saturated heterocycles. The molecule has 0 radical (unpaired) electrons. The van der Waals surface area contributed by atoms with Crippen molar-refractivity contribution in [3.05, 3.63) is 59.2 Å². The molecule has 2 N–H and O–H groups in total. The minimum absolute atomic E-state index is 0.171. The van der Waals surface area contributed by atoms with Crippen molar-refractivity contribution in [1.82, 2.24) is 14.8 Å². The smallest absolute Gasteiger partial charge is 0.306 e. The van der Waals surface area contributed by atoms with Crippen LogP contribution in [0.3, 0.4) is 0 Å². The Morgan fingerprint density at radius 2 is 2.00 bits per heavy atom. The first-order valence-corrected chi connectivity index (χ1v) is 12.1. The summed E-state index contributed by atoms with van der Waals surface area (Å²) in [6, 6.07) is 11.7. The highest BCUT2D eigenvalue weighted by Gasteiger charge is 2.36. The van der Waals surface area contributed by atoms with Gasteiger partial charge in [-0.05, 0) is 80.0 Å². The van der Waals surface area contributed by atoms with Crippen LogP contribution >= 0.6 is 0 Å². The SMILES string of the molecule is Cc1cc(-n2c(C(C)(C)CC#N)c([C@H]3CC[C@H](C(=O)O)CC3)c3cc4[nH]ncc4cc32)ccc1F. The third-order valence-corrected chi connectivity index (χ3v) is 7.61. The lowest BCUT2D eigenvalue weighted by molar-refractivity contribution is -0.142. The number of H-pyrrole nitrogens is 1. The molecule has 1 aliphatic rings. The standard InChI is InChI=1S/C28H29FN4O2/c1-16-12-20(8-9-22(16)29)33-24-13-19-15-31-32-23(19)14-21(24)25(26(33)28(2,3)10-11-30)17-4-6-18(7-5-17)27(34)35/h8-9,12-15,17-18H,4-7,10H2,1-3H3,(H,31,32)(H,34,35)/t17-,18-. The first-order valence-electron chi connectivity index (χ1n) is 12.1. The molecule has 2 aromatic heterocycles. The molecule has 1 fully saturated rings. The van der Waals surface area contributed by atoms with Gasteiger partial charge in [-0.2, -0.15) is 10.4 Å². The van der Waals surface area contributed by atoms with Gasteiger partial charge in [0.2, 0.25) is 0 Å². The molecule has 0 spiro atoms. The highest BCUT2D eigenvalue weighted by Crippen LogP contribution is 2.47. The van der Waals surface area contributed by atoms with Crippen LogP contribution in [0.25, 0.3) is 27.5 Å². The largest absolute Gasteiger partial charge is 0.481 e. The van der Waals surface area contributed by atoms with Gasteiger partial charge in [-0.1, -0.05) is 13.8 Å². The summed E-state index contributed by atoms with van der Waals surface area (Å²) in [4.78, 5) is 11.6. The summed E-state index contributed by atoms with van der Waals surface area (Å²) in [6.07, 6.45) is 4.92. The monoisotopic (exact) mass is 472 g/mol. The summed E-state index contributed by atoms with van der Waals surface area (Å²) in [5, 5.41) is 28.6. The third kappa shape index (κ3) is 3.87. The lowest BCUT2D eigenvalue weighted by atomic mass is 9.74. The number of aromatic amines is 1. The molecule has 1 saturated carbocycles. The lowest BCUT2D eigenvalue weighted by Crippen LogP contribution is -2.26. The second-order valence-corrected chi connectivity index (χ2v) is 10.5. The maximum atomic E-state index is 14.2. The molecule has 0 unspecified atom stereocenters. The van der Waals surface area contributed by atoms with Gasteiger partial charge in [0.15, 0.2) is 0 Å². The van der Waals surface area contributed by atoms with Crippen molar-refractivity contribution >= 4 is 27.8 Å². The number of rotatable bonds is 5. The molecule has 2 heterocycles. The van der Waals surface area contributed by atoms with Crippen molar-refractivity contribution in [2.45, 2.75) is 64.2 Å².